The first-order valence-electron chi connectivity index (χ1n) is 7.69. The zero-order valence-corrected chi connectivity index (χ0v) is 14.4. The van der Waals surface area contributed by atoms with Crippen LogP contribution in [0.4, 0.5) is 11.5 Å². The van der Waals surface area contributed by atoms with Gasteiger partial charge in [0.05, 0.1) is 38.6 Å². The molecule has 130 valence electrons. The van der Waals surface area contributed by atoms with Crippen molar-refractivity contribution >= 4 is 22.5 Å². The third-order valence-corrected chi connectivity index (χ3v) is 3.76. The molecule has 0 saturated carbocycles. The molecule has 0 bridgehead atoms. The first kappa shape index (κ1) is 16.6. The SMILES string of the molecule is COc1cc(CNc2cnc3ccc(N)cc3n2)cc(OC)c1OC. The van der Waals surface area contributed by atoms with Crippen molar-refractivity contribution in [2.45, 2.75) is 6.54 Å². The predicted octanol–water partition coefficient (Wildman–Crippen LogP) is 2.85. The van der Waals surface area contributed by atoms with Crippen molar-refractivity contribution in [2.75, 3.05) is 32.4 Å². The highest BCUT2D eigenvalue weighted by molar-refractivity contribution is 5.79. The van der Waals surface area contributed by atoms with Gasteiger partial charge in [-0.05, 0) is 35.9 Å². The molecule has 25 heavy (non-hydrogen) atoms. The monoisotopic (exact) mass is 340 g/mol. The van der Waals surface area contributed by atoms with Gasteiger partial charge >= 0.3 is 0 Å². The Hall–Kier alpha value is -3.22. The number of hydrogen-bond donors (Lipinski definition) is 2. The van der Waals surface area contributed by atoms with Crippen LogP contribution in [0, 0.1) is 0 Å². The standard InChI is InChI=1S/C18H20N4O3/c1-23-15-6-11(7-16(24-2)18(15)25-3)9-21-17-10-20-13-5-4-12(19)8-14(13)22-17/h4-8,10H,9,19H2,1-3H3,(H,21,22). The van der Waals surface area contributed by atoms with Gasteiger partial charge in [0.1, 0.15) is 5.82 Å². The molecule has 1 heterocycles. The van der Waals surface area contributed by atoms with Crippen molar-refractivity contribution in [1.29, 1.82) is 0 Å². The number of rotatable bonds is 6. The number of nitrogen functional groups attached to an aromatic ring is 1. The lowest BCUT2D eigenvalue weighted by molar-refractivity contribution is 0.324. The molecule has 0 aliphatic carbocycles. The second-order valence-electron chi connectivity index (χ2n) is 5.39. The van der Waals surface area contributed by atoms with Gasteiger partial charge in [-0.3, -0.25) is 4.98 Å². The lowest BCUT2D eigenvalue weighted by atomic mass is 10.1. The van der Waals surface area contributed by atoms with E-state index in [1.54, 1.807) is 39.7 Å². The van der Waals surface area contributed by atoms with Gasteiger partial charge in [-0.1, -0.05) is 0 Å². The molecule has 7 nitrogen and oxygen atoms in total. The minimum absolute atomic E-state index is 0.527. The maximum atomic E-state index is 5.80. The smallest absolute Gasteiger partial charge is 0.203 e. The number of methoxy groups -OCH3 is 3. The summed E-state index contributed by atoms with van der Waals surface area (Å²) in [4.78, 5) is 8.91. The number of hydrogen-bond acceptors (Lipinski definition) is 7. The topological polar surface area (TPSA) is 91.5 Å². The summed E-state index contributed by atoms with van der Waals surface area (Å²) in [5.41, 5.74) is 8.96. The van der Waals surface area contributed by atoms with Crippen LogP contribution in [0.3, 0.4) is 0 Å². The summed E-state index contributed by atoms with van der Waals surface area (Å²) in [6.07, 6.45) is 1.69. The van der Waals surface area contributed by atoms with E-state index in [9.17, 15) is 0 Å². The second kappa shape index (κ2) is 7.12. The molecule has 1 aromatic heterocycles. The Morgan fingerprint density at radius 1 is 0.960 bits per heavy atom. The fourth-order valence-electron chi connectivity index (χ4n) is 2.54. The number of nitrogens with two attached hydrogens (primary N) is 1. The summed E-state index contributed by atoms with van der Waals surface area (Å²) in [6, 6.07) is 9.23. The normalized spacial score (nSPS) is 10.5. The van der Waals surface area contributed by atoms with E-state index in [1.807, 2.05) is 18.2 Å². The Morgan fingerprint density at radius 2 is 1.68 bits per heavy atom. The maximum absolute atomic E-state index is 5.80. The van der Waals surface area contributed by atoms with Crippen LogP contribution >= 0.6 is 0 Å². The zero-order chi connectivity index (χ0) is 17.8. The minimum Gasteiger partial charge on any atom is -0.493 e. The van der Waals surface area contributed by atoms with Crippen LogP contribution < -0.4 is 25.3 Å². The highest BCUT2D eigenvalue weighted by Crippen LogP contribution is 2.38. The Morgan fingerprint density at radius 3 is 2.32 bits per heavy atom. The second-order valence-corrected chi connectivity index (χ2v) is 5.39. The van der Waals surface area contributed by atoms with Gasteiger partial charge in [0.2, 0.25) is 5.75 Å². The molecule has 0 unspecified atom stereocenters. The van der Waals surface area contributed by atoms with Gasteiger partial charge < -0.3 is 25.3 Å². The van der Waals surface area contributed by atoms with Crippen LogP contribution in [0.1, 0.15) is 5.56 Å². The number of nitrogens with one attached hydrogen (secondary N) is 1. The summed E-state index contributed by atoms with van der Waals surface area (Å²) in [5.74, 6) is 2.44. The molecule has 0 spiro atoms. The van der Waals surface area contributed by atoms with Gasteiger partial charge in [-0.25, -0.2) is 4.98 Å². The van der Waals surface area contributed by atoms with Gasteiger partial charge in [0, 0.05) is 12.2 Å². The van der Waals surface area contributed by atoms with Gasteiger partial charge in [-0.2, -0.15) is 0 Å². The third kappa shape index (κ3) is 3.50. The molecule has 7 heteroatoms. The fraction of sp³-hybridized carbons (Fsp3) is 0.222. The largest absolute Gasteiger partial charge is 0.493 e. The van der Waals surface area contributed by atoms with Crippen LogP contribution in [-0.4, -0.2) is 31.3 Å². The molecule has 3 aromatic rings. The van der Waals surface area contributed by atoms with Crippen molar-refractivity contribution in [3.05, 3.63) is 42.1 Å². The summed E-state index contributed by atoms with van der Waals surface area (Å²) < 4.78 is 16.1. The van der Waals surface area contributed by atoms with E-state index in [4.69, 9.17) is 19.9 Å². The average molecular weight is 340 g/mol. The zero-order valence-electron chi connectivity index (χ0n) is 14.4. The third-order valence-electron chi connectivity index (χ3n) is 3.76. The van der Waals surface area contributed by atoms with Crippen molar-refractivity contribution < 1.29 is 14.2 Å². The summed E-state index contributed by atoms with van der Waals surface area (Å²) in [5, 5.41) is 3.25. The predicted molar refractivity (Wildman–Crippen MR) is 97.4 cm³/mol. The lowest BCUT2D eigenvalue weighted by Crippen LogP contribution is -2.04. The minimum atomic E-state index is 0.527. The summed E-state index contributed by atoms with van der Waals surface area (Å²) in [7, 11) is 4.76. The molecule has 0 aliphatic rings. The molecular formula is C18H20N4O3. The first-order chi connectivity index (χ1) is 12.1. The number of nitrogens with zero attached hydrogens (tertiary/aromatic N) is 2. The van der Waals surface area contributed by atoms with E-state index in [0.717, 1.165) is 16.6 Å². The van der Waals surface area contributed by atoms with Crippen LogP contribution in [-0.2, 0) is 6.54 Å². The van der Waals surface area contributed by atoms with Crippen molar-refractivity contribution in [1.82, 2.24) is 9.97 Å². The van der Waals surface area contributed by atoms with E-state index >= 15 is 0 Å². The Kier molecular flexibility index (Phi) is 4.74. The summed E-state index contributed by atoms with van der Waals surface area (Å²) in [6.45, 7) is 0.527. The van der Waals surface area contributed by atoms with Crippen LogP contribution in [0.25, 0.3) is 11.0 Å². The molecule has 0 aliphatic heterocycles. The van der Waals surface area contributed by atoms with E-state index in [1.165, 1.54) is 0 Å². The van der Waals surface area contributed by atoms with Crippen molar-refractivity contribution in [3.8, 4) is 17.2 Å². The highest BCUT2D eigenvalue weighted by atomic mass is 16.5. The maximum Gasteiger partial charge on any atom is 0.203 e. The molecule has 0 saturated heterocycles. The Labute approximate surface area is 145 Å². The van der Waals surface area contributed by atoms with Gasteiger partial charge in [-0.15, -0.1) is 0 Å². The van der Waals surface area contributed by atoms with Crippen LogP contribution in [0.5, 0.6) is 17.2 Å². The lowest BCUT2D eigenvalue weighted by Gasteiger charge is -2.14. The average Bonchev–Trinajstić information content (AvgIpc) is 2.64. The number of anilines is 2. The molecule has 3 N–H and O–H groups in total. The molecule has 0 fully saturated rings. The van der Waals surface area contributed by atoms with E-state index < -0.39 is 0 Å². The fourth-order valence-corrected chi connectivity index (χ4v) is 2.54. The molecule has 3 rings (SSSR count). The van der Waals surface area contributed by atoms with Crippen LogP contribution in [0.2, 0.25) is 0 Å². The Balaban J connectivity index is 1.83. The van der Waals surface area contributed by atoms with Crippen molar-refractivity contribution in [3.63, 3.8) is 0 Å². The highest BCUT2D eigenvalue weighted by Gasteiger charge is 2.13. The van der Waals surface area contributed by atoms with Crippen molar-refractivity contribution in [2.24, 2.45) is 0 Å². The first-order valence-corrected chi connectivity index (χ1v) is 7.69. The quantitative estimate of drug-likeness (QED) is 0.667. The molecule has 0 amide bonds. The molecule has 0 radical (unpaired) electrons. The van der Waals surface area contributed by atoms with Crippen LogP contribution in [0.15, 0.2) is 36.5 Å². The summed E-state index contributed by atoms with van der Waals surface area (Å²) >= 11 is 0. The van der Waals surface area contributed by atoms with E-state index in [0.29, 0.717) is 35.3 Å². The number of ether oxygens (including phenoxy) is 3. The molecular weight excluding hydrogens is 320 g/mol. The molecule has 2 aromatic carbocycles. The van der Waals surface area contributed by atoms with Gasteiger partial charge in [0.25, 0.3) is 0 Å². The van der Waals surface area contributed by atoms with E-state index in [-0.39, 0.29) is 0 Å². The Bertz CT molecular complexity index is 874. The number of fused-ring (bicyclic) bond motifs is 1. The molecule has 0 atom stereocenters. The van der Waals surface area contributed by atoms with Gasteiger partial charge in [0.15, 0.2) is 11.5 Å². The van der Waals surface area contributed by atoms with E-state index in [2.05, 4.69) is 15.3 Å². The number of benzene rings is 2. The number of aromatic nitrogens is 2.